The predicted molar refractivity (Wildman–Crippen MR) is 76.9 cm³/mol. The number of hydrogen-bond acceptors (Lipinski definition) is 4. The number of hydrogen-bond donors (Lipinski definition) is 1. The van der Waals surface area contributed by atoms with Gasteiger partial charge in [-0.1, -0.05) is 18.9 Å². The van der Waals surface area contributed by atoms with E-state index in [0.717, 1.165) is 25.7 Å². The summed E-state index contributed by atoms with van der Waals surface area (Å²) in [7, 11) is -1.55. The van der Waals surface area contributed by atoms with Gasteiger partial charge in [-0.05, 0) is 24.8 Å². The van der Waals surface area contributed by atoms with Gasteiger partial charge < -0.3 is 10.5 Å². The molecule has 0 atom stereocenters. The van der Waals surface area contributed by atoms with Crippen molar-refractivity contribution in [2.45, 2.75) is 31.4 Å². The summed E-state index contributed by atoms with van der Waals surface area (Å²) < 4.78 is 29.6. The number of rotatable bonds is 5. The number of benzene rings is 1. The fourth-order valence-electron chi connectivity index (χ4n) is 2.71. The van der Waals surface area contributed by atoms with E-state index in [9.17, 15) is 8.42 Å². The SMILES string of the molecule is COc1cc(N)ccc1CS(=O)(=O)CC1CCCC1. The van der Waals surface area contributed by atoms with Gasteiger partial charge in [0.05, 0.1) is 18.6 Å². The second kappa shape index (κ2) is 5.82. The molecule has 106 valence electrons. The molecule has 4 nitrogen and oxygen atoms in total. The molecule has 0 aliphatic heterocycles. The molecule has 2 rings (SSSR count). The van der Waals surface area contributed by atoms with Gasteiger partial charge in [-0.3, -0.25) is 0 Å². The Balaban J connectivity index is 2.10. The molecule has 5 heteroatoms. The molecule has 0 saturated heterocycles. The molecule has 0 spiro atoms. The third-order valence-electron chi connectivity index (χ3n) is 3.65. The van der Waals surface area contributed by atoms with Crippen LogP contribution in [0.2, 0.25) is 0 Å². The second-order valence-electron chi connectivity index (χ2n) is 5.28. The summed E-state index contributed by atoms with van der Waals surface area (Å²) in [5, 5.41) is 0. The Labute approximate surface area is 114 Å². The van der Waals surface area contributed by atoms with Crippen LogP contribution in [-0.4, -0.2) is 21.3 Å². The molecule has 0 aromatic heterocycles. The average Bonchev–Trinajstić information content (AvgIpc) is 2.83. The molecule has 0 radical (unpaired) electrons. The largest absolute Gasteiger partial charge is 0.496 e. The van der Waals surface area contributed by atoms with E-state index in [0.29, 0.717) is 28.7 Å². The molecule has 1 aliphatic rings. The maximum atomic E-state index is 12.2. The van der Waals surface area contributed by atoms with Crippen LogP contribution in [0, 0.1) is 5.92 Å². The van der Waals surface area contributed by atoms with Crippen molar-refractivity contribution in [1.29, 1.82) is 0 Å². The minimum absolute atomic E-state index is 0.0347. The first-order valence-corrected chi connectivity index (χ1v) is 8.45. The van der Waals surface area contributed by atoms with Crippen LogP contribution >= 0.6 is 0 Å². The van der Waals surface area contributed by atoms with E-state index in [1.807, 2.05) is 0 Å². The van der Waals surface area contributed by atoms with Gasteiger partial charge in [0.2, 0.25) is 0 Å². The van der Waals surface area contributed by atoms with Crippen molar-refractivity contribution < 1.29 is 13.2 Å². The monoisotopic (exact) mass is 283 g/mol. The molecular formula is C14H21NO3S. The zero-order chi connectivity index (χ0) is 13.9. The molecule has 1 fully saturated rings. The average molecular weight is 283 g/mol. The summed E-state index contributed by atoms with van der Waals surface area (Å²) in [6.07, 6.45) is 4.40. The Morgan fingerprint density at radius 1 is 1.32 bits per heavy atom. The molecule has 1 aromatic carbocycles. The summed E-state index contributed by atoms with van der Waals surface area (Å²) in [6.45, 7) is 0. The molecule has 0 amide bonds. The molecule has 1 aliphatic carbocycles. The zero-order valence-corrected chi connectivity index (χ0v) is 12.1. The van der Waals surface area contributed by atoms with Gasteiger partial charge in [0.1, 0.15) is 5.75 Å². The molecule has 0 heterocycles. The molecule has 2 N–H and O–H groups in total. The zero-order valence-electron chi connectivity index (χ0n) is 11.3. The van der Waals surface area contributed by atoms with Gasteiger partial charge in [0, 0.05) is 17.3 Å². The van der Waals surface area contributed by atoms with Gasteiger partial charge in [-0.2, -0.15) is 0 Å². The van der Waals surface area contributed by atoms with E-state index < -0.39 is 9.84 Å². The number of nitrogens with two attached hydrogens (primary N) is 1. The first-order valence-electron chi connectivity index (χ1n) is 6.63. The van der Waals surface area contributed by atoms with Gasteiger partial charge in [0.25, 0.3) is 0 Å². The van der Waals surface area contributed by atoms with E-state index in [-0.39, 0.29) is 5.75 Å². The van der Waals surface area contributed by atoms with Gasteiger partial charge >= 0.3 is 0 Å². The summed E-state index contributed by atoms with van der Waals surface area (Å²) in [5.74, 6) is 1.22. The van der Waals surface area contributed by atoms with Crippen LogP contribution in [0.3, 0.4) is 0 Å². The molecule has 0 unspecified atom stereocenters. The highest BCUT2D eigenvalue weighted by Crippen LogP contribution is 2.29. The minimum atomic E-state index is -3.08. The number of nitrogen functional groups attached to an aromatic ring is 1. The maximum Gasteiger partial charge on any atom is 0.154 e. The van der Waals surface area contributed by atoms with Gasteiger partial charge in [-0.25, -0.2) is 8.42 Å². The van der Waals surface area contributed by atoms with Crippen LogP contribution in [0.5, 0.6) is 5.75 Å². The lowest BCUT2D eigenvalue weighted by Gasteiger charge is -2.12. The summed E-state index contributed by atoms with van der Waals surface area (Å²) in [6, 6.07) is 5.11. The van der Waals surface area contributed by atoms with Crippen molar-refractivity contribution in [2.75, 3.05) is 18.6 Å². The van der Waals surface area contributed by atoms with E-state index >= 15 is 0 Å². The van der Waals surface area contributed by atoms with E-state index in [1.165, 1.54) is 7.11 Å². The Kier molecular flexibility index (Phi) is 4.34. The Morgan fingerprint density at radius 3 is 2.63 bits per heavy atom. The number of anilines is 1. The van der Waals surface area contributed by atoms with E-state index in [1.54, 1.807) is 18.2 Å². The summed E-state index contributed by atoms with van der Waals surface area (Å²) >= 11 is 0. The highest BCUT2D eigenvalue weighted by molar-refractivity contribution is 7.90. The first kappa shape index (κ1) is 14.2. The van der Waals surface area contributed by atoms with Crippen molar-refractivity contribution >= 4 is 15.5 Å². The first-order chi connectivity index (χ1) is 9.00. The smallest absolute Gasteiger partial charge is 0.154 e. The van der Waals surface area contributed by atoms with Crippen molar-refractivity contribution in [1.82, 2.24) is 0 Å². The maximum absolute atomic E-state index is 12.2. The molecule has 0 bridgehead atoms. The van der Waals surface area contributed by atoms with Crippen LogP contribution in [0.15, 0.2) is 18.2 Å². The lowest BCUT2D eigenvalue weighted by Crippen LogP contribution is -2.16. The second-order valence-corrected chi connectivity index (χ2v) is 7.39. The summed E-state index contributed by atoms with van der Waals surface area (Å²) in [5.41, 5.74) is 6.94. The quantitative estimate of drug-likeness (QED) is 0.842. The van der Waals surface area contributed by atoms with Crippen molar-refractivity contribution in [3.8, 4) is 5.75 Å². The normalized spacial score (nSPS) is 16.7. The third-order valence-corrected chi connectivity index (χ3v) is 5.38. The molecule has 1 saturated carbocycles. The van der Waals surface area contributed by atoms with Crippen LogP contribution in [0.1, 0.15) is 31.2 Å². The lowest BCUT2D eigenvalue weighted by atomic mass is 10.1. The van der Waals surface area contributed by atoms with Crippen LogP contribution in [-0.2, 0) is 15.6 Å². The standard InChI is InChI=1S/C14H21NO3S/c1-18-14-8-13(15)7-6-12(14)10-19(16,17)9-11-4-2-3-5-11/h6-8,11H,2-5,9-10,15H2,1H3. The number of methoxy groups -OCH3 is 1. The number of sulfone groups is 1. The highest BCUT2D eigenvalue weighted by Gasteiger charge is 2.23. The summed E-state index contributed by atoms with van der Waals surface area (Å²) in [4.78, 5) is 0. The fraction of sp³-hybridized carbons (Fsp3) is 0.571. The van der Waals surface area contributed by atoms with Crippen LogP contribution in [0.25, 0.3) is 0 Å². The van der Waals surface area contributed by atoms with Crippen molar-refractivity contribution in [2.24, 2.45) is 5.92 Å². The Hall–Kier alpha value is -1.23. The van der Waals surface area contributed by atoms with Crippen LogP contribution < -0.4 is 10.5 Å². The topological polar surface area (TPSA) is 69.4 Å². The van der Waals surface area contributed by atoms with Gasteiger partial charge in [0.15, 0.2) is 9.84 Å². The third kappa shape index (κ3) is 3.86. The molecule has 1 aromatic rings. The fourth-order valence-corrected chi connectivity index (χ4v) is 4.59. The minimum Gasteiger partial charge on any atom is -0.496 e. The van der Waals surface area contributed by atoms with Crippen molar-refractivity contribution in [3.05, 3.63) is 23.8 Å². The van der Waals surface area contributed by atoms with E-state index in [2.05, 4.69) is 0 Å². The number of ether oxygens (including phenoxy) is 1. The highest BCUT2D eigenvalue weighted by atomic mass is 32.2. The van der Waals surface area contributed by atoms with E-state index in [4.69, 9.17) is 10.5 Å². The Morgan fingerprint density at radius 2 is 2.00 bits per heavy atom. The van der Waals surface area contributed by atoms with Gasteiger partial charge in [-0.15, -0.1) is 0 Å². The van der Waals surface area contributed by atoms with Crippen molar-refractivity contribution in [3.63, 3.8) is 0 Å². The predicted octanol–water partition coefficient (Wildman–Crippen LogP) is 2.38. The van der Waals surface area contributed by atoms with Crippen LogP contribution in [0.4, 0.5) is 5.69 Å². The molecular weight excluding hydrogens is 262 g/mol. The molecule has 19 heavy (non-hydrogen) atoms. The Bertz CT molecular complexity index is 534. The lowest BCUT2D eigenvalue weighted by molar-refractivity contribution is 0.411.